The van der Waals surface area contributed by atoms with E-state index in [0.29, 0.717) is 18.0 Å². The van der Waals surface area contributed by atoms with Crippen LogP contribution < -0.4 is 0 Å². The van der Waals surface area contributed by atoms with E-state index in [0.717, 1.165) is 16.9 Å². The normalized spacial score (nSPS) is 14.5. The van der Waals surface area contributed by atoms with E-state index in [-0.39, 0.29) is 12.5 Å². The lowest BCUT2D eigenvalue weighted by atomic mass is 10.1. The van der Waals surface area contributed by atoms with Crippen LogP contribution in [0, 0.1) is 0 Å². The van der Waals surface area contributed by atoms with Crippen molar-refractivity contribution in [2.45, 2.75) is 13.0 Å². The van der Waals surface area contributed by atoms with Crippen LogP contribution in [0.5, 0.6) is 0 Å². The van der Waals surface area contributed by atoms with Gasteiger partial charge in [0.2, 0.25) is 5.91 Å². The molecule has 0 bridgehead atoms. The van der Waals surface area contributed by atoms with Crippen LogP contribution >= 0.6 is 11.3 Å². The maximum atomic E-state index is 11.6. The summed E-state index contributed by atoms with van der Waals surface area (Å²) in [5.74, 6) is -0.958. The van der Waals surface area contributed by atoms with E-state index in [2.05, 4.69) is 0 Å². The number of hydrogen-bond acceptors (Lipinski definition) is 4. The molecule has 0 fully saturated rings. The fourth-order valence-corrected chi connectivity index (χ4v) is 2.87. The van der Waals surface area contributed by atoms with E-state index in [1.165, 1.54) is 18.4 Å². The van der Waals surface area contributed by atoms with Gasteiger partial charge in [-0.25, -0.2) is 4.79 Å². The van der Waals surface area contributed by atoms with Crippen LogP contribution in [0.2, 0.25) is 0 Å². The van der Waals surface area contributed by atoms with Crippen molar-refractivity contribution in [2.24, 2.45) is 0 Å². The molecule has 0 aromatic carbocycles. The second-order valence-electron chi connectivity index (χ2n) is 3.86. The summed E-state index contributed by atoms with van der Waals surface area (Å²) in [5, 5.41) is 8.90. The van der Waals surface area contributed by atoms with Crippen molar-refractivity contribution >= 4 is 23.2 Å². The summed E-state index contributed by atoms with van der Waals surface area (Å²) in [4.78, 5) is 25.6. The number of amides is 1. The number of carboxylic acid groups (broad SMARTS) is 1. The minimum atomic E-state index is -0.904. The highest BCUT2D eigenvalue weighted by Gasteiger charge is 2.23. The van der Waals surface area contributed by atoms with Gasteiger partial charge in [-0.15, -0.1) is 11.3 Å². The molecule has 17 heavy (non-hydrogen) atoms. The Morgan fingerprint density at radius 3 is 3.00 bits per heavy atom. The fourth-order valence-electron chi connectivity index (χ4n) is 1.87. The average molecular weight is 255 g/mol. The first-order valence-corrected chi connectivity index (χ1v) is 6.05. The van der Waals surface area contributed by atoms with Gasteiger partial charge in [0.15, 0.2) is 0 Å². The number of aromatic carboxylic acids is 1. The van der Waals surface area contributed by atoms with Crippen molar-refractivity contribution in [3.8, 4) is 0 Å². The minimum absolute atomic E-state index is 0.0544. The van der Waals surface area contributed by atoms with Gasteiger partial charge in [-0.3, -0.25) is 4.79 Å². The summed E-state index contributed by atoms with van der Waals surface area (Å²) < 4.78 is 4.81. The number of fused-ring (bicyclic) bond motifs is 1. The maximum Gasteiger partial charge on any atom is 0.345 e. The average Bonchev–Trinajstić information content (AvgIpc) is 2.71. The molecule has 92 valence electrons. The zero-order valence-corrected chi connectivity index (χ0v) is 10.2. The van der Waals surface area contributed by atoms with Crippen molar-refractivity contribution in [1.29, 1.82) is 0 Å². The summed E-state index contributed by atoms with van der Waals surface area (Å²) >= 11 is 1.30. The predicted molar refractivity (Wildman–Crippen MR) is 62.3 cm³/mol. The van der Waals surface area contributed by atoms with E-state index in [1.807, 2.05) is 0 Å². The summed E-state index contributed by atoms with van der Waals surface area (Å²) in [7, 11) is 1.49. The second kappa shape index (κ2) is 4.85. The van der Waals surface area contributed by atoms with Crippen molar-refractivity contribution in [3.63, 3.8) is 0 Å². The zero-order valence-electron chi connectivity index (χ0n) is 9.43. The molecular weight excluding hydrogens is 242 g/mol. The molecule has 1 aliphatic heterocycles. The summed E-state index contributed by atoms with van der Waals surface area (Å²) in [6, 6.07) is 1.66. The minimum Gasteiger partial charge on any atom is -0.477 e. The van der Waals surface area contributed by atoms with Crippen LogP contribution in [0.25, 0.3) is 0 Å². The number of carbonyl (C=O) groups excluding carboxylic acids is 1. The van der Waals surface area contributed by atoms with Crippen molar-refractivity contribution in [3.05, 3.63) is 21.4 Å². The Morgan fingerprint density at radius 2 is 2.35 bits per heavy atom. The quantitative estimate of drug-likeness (QED) is 0.874. The van der Waals surface area contributed by atoms with Crippen LogP contribution in [0.3, 0.4) is 0 Å². The van der Waals surface area contributed by atoms with Gasteiger partial charge in [-0.05, 0) is 18.1 Å². The summed E-state index contributed by atoms with van der Waals surface area (Å²) in [6.07, 6.45) is 0.725. The third-order valence-electron chi connectivity index (χ3n) is 2.70. The standard InChI is InChI=1S/C11H13NO4S/c1-16-6-10(13)12-3-2-8-7(5-12)4-9(17-8)11(14)15/h4H,2-3,5-6H2,1H3,(H,14,15). The highest BCUT2D eigenvalue weighted by atomic mass is 32.1. The van der Waals surface area contributed by atoms with Gasteiger partial charge >= 0.3 is 5.97 Å². The van der Waals surface area contributed by atoms with Crippen molar-refractivity contribution in [1.82, 2.24) is 4.90 Å². The van der Waals surface area contributed by atoms with Crippen LogP contribution in [0.15, 0.2) is 6.07 Å². The number of hydrogen-bond donors (Lipinski definition) is 1. The van der Waals surface area contributed by atoms with Crippen molar-refractivity contribution in [2.75, 3.05) is 20.3 Å². The summed E-state index contributed by atoms with van der Waals surface area (Å²) in [6.45, 7) is 1.20. The van der Waals surface area contributed by atoms with Gasteiger partial charge in [0.1, 0.15) is 11.5 Å². The van der Waals surface area contributed by atoms with Gasteiger partial charge in [0.25, 0.3) is 0 Å². The molecule has 1 aromatic rings. The fraction of sp³-hybridized carbons (Fsp3) is 0.455. The Balaban J connectivity index is 2.13. The number of nitrogens with zero attached hydrogens (tertiary/aromatic N) is 1. The Kier molecular flexibility index (Phi) is 3.44. The Labute approximate surface area is 103 Å². The topological polar surface area (TPSA) is 66.8 Å². The monoisotopic (exact) mass is 255 g/mol. The van der Waals surface area contributed by atoms with E-state index < -0.39 is 5.97 Å². The lowest BCUT2D eigenvalue weighted by Gasteiger charge is -2.26. The molecule has 0 aliphatic carbocycles. The molecule has 0 radical (unpaired) electrons. The van der Waals surface area contributed by atoms with Gasteiger partial charge in [0, 0.05) is 25.1 Å². The largest absolute Gasteiger partial charge is 0.477 e. The number of carbonyl (C=O) groups is 2. The molecule has 0 saturated heterocycles. The van der Waals surface area contributed by atoms with Gasteiger partial charge < -0.3 is 14.7 Å². The lowest BCUT2D eigenvalue weighted by Crippen LogP contribution is -2.37. The third-order valence-corrected chi connectivity index (χ3v) is 3.92. The van der Waals surface area contributed by atoms with Crippen LogP contribution in [-0.4, -0.2) is 42.1 Å². The molecule has 1 aromatic heterocycles. The first-order valence-electron chi connectivity index (χ1n) is 5.23. The molecule has 1 amide bonds. The smallest absolute Gasteiger partial charge is 0.345 e. The van der Waals surface area contributed by atoms with Gasteiger partial charge in [-0.1, -0.05) is 0 Å². The molecule has 6 heteroatoms. The Bertz CT molecular complexity index is 454. The van der Waals surface area contributed by atoms with Crippen LogP contribution in [0.1, 0.15) is 20.1 Å². The van der Waals surface area contributed by atoms with Crippen LogP contribution in [0.4, 0.5) is 0 Å². The summed E-state index contributed by atoms with van der Waals surface area (Å²) in [5.41, 5.74) is 0.947. The maximum absolute atomic E-state index is 11.6. The molecule has 0 unspecified atom stereocenters. The van der Waals surface area contributed by atoms with Gasteiger partial charge in [-0.2, -0.15) is 0 Å². The van der Waals surface area contributed by atoms with E-state index in [9.17, 15) is 9.59 Å². The first kappa shape index (κ1) is 12.1. The number of carboxylic acids is 1. The van der Waals surface area contributed by atoms with E-state index >= 15 is 0 Å². The predicted octanol–water partition coefficient (Wildman–Crippen LogP) is 0.977. The Hall–Kier alpha value is -1.40. The molecule has 0 saturated carbocycles. The van der Waals surface area contributed by atoms with Crippen LogP contribution in [-0.2, 0) is 22.5 Å². The highest BCUT2D eigenvalue weighted by Crippen LogP contribution is 2.28. The molecule has 5 nitrogen and oxygen atoms in total. The number of rotatable bonds is 3. The van der Waals surface area contributed by atoms with Gasteiger partial charge in [0.05, 0.1) is 0 Å². The third kappa shape index (κ3) is 2.48. The van der Waals surface area contributed by atoms with Crippen molar-refractivity contribution < 1.29 is 19.4 Å². The molecule has 0 atom stereocenters. The molecule has 1 N–H and O–H groups in total. The Morgan fingerprint density at radius 1 is 1.59 bits per heavy atom. The number of methoxy groups -OCH3 is 1. The van der Waals surface area contributed by atoms with E-state index in [4.69, 9.17) is 9.84 Å². The van der Waals surface area contributed by atoms with E-state index in [1.54, 1.807) is 11.0 Å². The number of thiophene rings is 1. The number of ether oxygens (including phenoxy) is 1. The molecule has 0 spiro atoms. The second-order valence-corrected chi connectivity index (χ2v) is 5.00. The zero-order chi connectivity index (χ0) is 12.4. The molecule has 2 rings (SSSR count). The highest BCUT2D eigenvalue weighted by molar-refractivity contribution is 7.14. The molecular formula is C11H13NO4S. The lowest BCUT2D eigenvalue weighted by molar-refractivity contribution is -0.136. The molecule has 2 heterocycles. The first-order chi connectivity index (χ1) is 8.11. The SMILES string of the molecule is COCC(=O)N1CCc2sc(C(=O)O)cc2C1. The molecule has 1 aliphatic rings.